The number of amides is 3. The number of hydrogen-bond acceptors (Lipinski definition) is 5. The van der Waals surface area contributed by atoms with E-state index in [9.17, 15) is 19.2 Å². The monoisotopic (exact) mass is 418 g/mol. The van der Waals surface area contributed by atoms with E-state index in [1.165, 1.54) is 6.92 Å². The molecule has 1 aliphatic carbocycles. The third-order valence-electron chi connectivity index (χ3n) is 5.23. The third-order valence-corrected chi connectivity index (χ3v) is 5.60. The van der Waals surface area contributed by atoms with E-state index in [1.807, 2.05) is 18.2 Å². The van der Waals surface area contributed by atoms with Crippen LogP contribution in [-0.4, -0.2) is 41.2 Å². The fourth-order valence-electron chi connectivity index (χ4n) is 3.57. The van der Waals surface area contributed by atoms with Crippen LogP contribution in [0.3, 0.4) is 0 Å². The van der Waals surface area contributed by atoms with Crippen LogP contribution in [0.2, 0.25) is 5.02 Å². The van der Waals surface area contributed by atoms with E-state index in [-0.39, 0.29) is 43.2 Å². The summed E-state index contributed by atoms with van der Waals surface area (Å²) >= 11 is 6.04. The van der Waals surface area contributed by atoms with Crippen LogP contribution in [-0.2, 0) is 30.5 Å². The van der Waals surface area contributed by atoms with Crippen molar-refractivity contribution in [2.24, 2.45) is 11.8 Å². The van der Waals surface area contributed by atoms with Gasteiger partial charge in [0.05, 0.1) is 18.3 Å². The first-order chi connectivity index (χ1) is 13.9. The van der Waals surface area contributed by atoms with Gasteiger partial charge >= 0.3 is 5.97 Å². The van der Waals surface area contributed by atoms with E-state index in [4.69, 9.17) is 16.3 Å². The molecule has 29 heavy (non-hydrogen) atoms. The van der Waals surface area contributed by atoms with Crippen LogP contribution in [0.25, 0.3) is 0 Å². The summed E-state index contributed by atoms with van der Waals surface area (Å²) in [6.45, 7) is 1.65. The van der Waals surface area contributed by atoms with Crippen LogP contribution in [0.4, 0.5) is 0 Å². The van der Waals surface area contributed by atoms with Gasteiger partial charge in [0.2, 0.25) is 11.8 Å². The van der Waals surface area contributed by atoms with Crippen molar-refractivity contribution in [3.8, 4) is 0 Å². The highest BCUT2D eigenvalue weighted by atomic mass is 35.5. The normalized spacial score (nSPS) is 21.7. The Morgan fingerprint density at radius 2 is 1.79 bits per heavy atom. The number of rotatable bonds is 7. The largest absolute Gasteiger partial charge is 0.452 e. The van der Waals surface area contributed by atoms with Gasteiger partial charge in [-0.2, -0.15) is 0 Å². The summed E-state index contributed by atoms with van der Waals surface area (Å²) in [5, 5.41) is 3.20. The second kappa shape index (κ2) is 9.22. The molecular formula is C21H23ClN2O5. The number of halogens is 1. The first-order valence-electron chi connectivity index (χ1n) is 9.59. The Balaban J connectivity index is 1.44. The molecule has 3 atom stereocenters. The molecular weight excluding hydrogens is 396 g/mol. The topological polar surface area (TPSA) is 92.8 Å². The van der Waals surface area contributed by atoms with E-state index in [2.05, 4.69) is 5.32 Å². The van der Waals surface area contributed by atoms with Crippen molar-refractivity contribution in [3.05, 3.63) is 47.0 Å². The maximum absolute atomic E-state index is 12.4. The number of nitrogens with one attached hydrogen (secondary N) is 1. The molecule has 3 amide bonds. The molecule has 1 aromatic carbocycles. The van der Waals surface area contributed by atoms with Gasteiger partial charge in [0, 0.05) is 18.1 Å². The quantitative estimate of drug-likeness (QED) is 0.416. The summed E-state index contributed by atoms with van der Waals surface area (Å²) in [7, 11) is 0. The molecule has 8 heteroatoms. The number of hydrogen-bond donors (Lipinski definition) is 1. The highest BCUT2D eigenvalue weighted by Crippen LogP contribution is 2.35. The second-order valence-corrected chi connectivity index (χ2v) is 7.58. The van der Waals surface area contributed by atoms with Gasteiger partial charge in [-0.1, -0.05) is 42.0 Å². The van der Waals surface area contributed by atoms with Crippen LogP contribution in [0.5, 0.6) is 0 Å². The third kappa shape index (κ3) is 4.85. The molecule has 1 aromatic rings. The summed E-state index contributed by atoms with van der Waals surface area (Å²) in [6.07, 6.45) is 3.78. The van der Waals surface area contributed by atoms with Crippen molar-refractivity contribution in [1.29, 1.82) is 0 Å². The van der Waals surface area contributed by atoms with Gasteiger partial charge in [-0.25, -0.2) is 0 Å². The molecule has 0 saturated carbocycles. The van der Waals surface area contributed by atoms with Crippen LogP contribution < -0.4 is 5.32 Å². The first kappa shape index (κ1) is 21.0. The lowest BCUT2D eigenvalue weighted by Crippen LogP contribution is -2.37. The van der Waals surface area contributed by atoms with Gasteiger partial charge in [0.1, 0.15) is 0 Å². The van der Waals surface area contributed by atoms with E-state index in [0.29, 0.717) is 17.9 Å². The fourth-order valence-corrected chi connectivity index (χ4v) is 3.77. The fraction of sp³-hybridized carbons (Fsp3) is 0.429. The van der Waals surface area contributed by atoms with Crippen molar-refractivity contribution in [2.45, 2.75) is 38.8 Å². The van der Waals surface area contributed by atoms with Gasteiger partial charge in [-0.05, 0) is 31.4 Å². The molecule has 0 spiro atoms. The lowest BCUT2D eigenvalue weighted by Gasteiger charge is -2.16. The van der Waals surface area contributed by atoms with Crippen molar-refractivity contribution in [1.82, 2.24) is 10.2 Å². The number of nitrogens with zero attached hydrogens (tertiary/aromatic N) is 1. The molecule has 1 fully saturated rings. The zero-order chi connectivity index (χ0) is 21.0. The lowest BCUT2D eigenvalue weighted by molar-refractivity contribution is -0.155. The number of esters is 1. The highest BCUT2D eigenvalue weighted by Gasteiger charge is 2.47. The molecule has 1 aliphatic heterocycles. The standard InChI is InChI=1S/C21H23ClN2O5/c1-13(19(26)23-12-14-6-2-5-9-17(14)22)29-18(25)10-11-24-20(27)15-7-3-4-8-16(15)21(24)28/h2-6,9,13,15-16H,7-8,10-12H2,1H3,(H,23,26)/t13-,15-,16+/m1/s1. The van der Waals surface area contributed by atoms with E-state index in [1.54, 1.807) is 18.2 Å². The summed E-state index contributed by atoms with van der Waals surface area (Å²) in [6, 6.07) is 7.11. The Labute approximate surface area is 174 Å². The average Bonchev–Trinajstić information content (AvgIpc) is 2.96. The van der Waals surface area contributed by atoms with Crippen LogP contribution in [0.15, 0.2) is 36.4 Å². The first-order valence-corrected chi connectivity index (χ1v) is 9.97. The summed E-state index contributed by atoms with van der Waals surface area (Å²) in [5.74, 6) is -2.20. The predicted octanol–water partition coefficient (Wildman–Crippen LogP) is 2.23. The summed E-state index contributed by atoms with van der Waals surface area (Å²) in [5.41, 5.74) is 0.753. The Morgan fingerprint density at radius 3 is 2.41 bits per heavy atom. The lowest BCUT2D eigenvalue weighted by atomic mass is 9.85. The predicted molar refractivity (Wildman–Crippen MR) is 106 cm³/mol. The van der Waals surface area contributed by atoms with Crippen LogP contribution in [0, 0.1) is 11.8 Å². The Hall–Kier alpha value is -2.67. The number of imide groups is 1. The minimum Gasteiger partial charge on any atom is -0.452 e. The molecule has 1 saturated heterocycles. The van der Waals surface area contributed by atoms with E-state index in [0.717, 1.165) is 10.5 Å². The van der Waals surface area contributed by atoms with Gasteiger partial charge in [-0.15, -0.1) is 0 Å². The van der Waals surface area contributed by atoms with Crippen molar-refractivity contribution in [3.63, 3.8) is 0 Å². The highest BCUT2D eigenvalue weighted by molar-refractivity contribution is 6.31. The average molecular weight is 419 g/mol. The van der Waals surface area contributed by atoms with E-state index >= 15 is 0 Å². The second-order valence-electron chi connectivity index (χ2n) is 7.18. The number of allylic oxidation sites excluding steroid dienone is 2. The van der Waals surface area contributed by atoms with Gasteiger partial charge in [-0.3, -0.25) is 24.1 Å². The Morgan fingerprint density at radius 1 is 1.17 bits per heavy atom. The molecule has 3 rings (SSSR count). The molecule has 1 heterocycles. The van der Waals surface area contributed by atoms with Gasteiger partial charge in [0.25, 0.3) is 5.91 Å². The molecule has 0 bridgehead atoms. The summed E-state index contributed by atoms with van der Waals surface area (Å²) < 4.78 is 5.13. The Bertz CT molecular complexity index is 827. The number of benzene rings is 1. The maximum atomic E-state index is 12.4. The van der Waals surface area contributed by atoms with Crippen molar-refractivity contribution >= 4 is 35.3 Å². The number of likely N-dealkylation sites (tertiary alicyclic amines) is 1. The smallest absolute Gasteiger partial charge is 0.308 e. The SMILES string of the molecule is C[C@@H](OC(=O)CCN1C(=O)[C@H]2CC=CC[C@H]2C1=O)C(=O)NCc1ccccc1Cl. The zero-order valence-electron chi connectivity index (χ0n) is 16.1. The number of ether oxygens (including phenoxy) is 1. The Kier molecular flexibility index (Phi) is 6.69. The molecule has 154 valence electrons. The van der Waals surface area contributed by atoms with E-state index < -0.39 is 18.0 Å². The molecule has 2 aliphatic rings. The number of carbonyl (C=O) groups excluding carboxylic acids is 4. The van der Waals surface area contributed by atoms with Gasteiger partial charge < -0.3 is 10.1 Å². The molecule has 7 nitrogen and oxygen atoms in total. The number of fused-ring (bicyclic) bond motifs is 1. The molecule has 1 N–H and O–H groups in total. The summed E-state index contributed by atoms with van der Waals surface area (Å²) in [4.78, 5) is 50.1. The molecule has 0 radical (unpaired) electrons. The van der Waals surface area contributed by atoms with Crippen LogP contribution >= 0.6 is 11.6 Å². The van der Waals surface area contributed by atoms with Crippen molar-refractivity contribution in [2.75, 3.05) is 6.54 Å². The van der Waals surface area contributed by atoms with Crippen LogP contribution in [0.1, 0.15) is 31.7 Å². The number of carbonyl (C=O) groups is 4. The zero-order valence-corrected chi connectivity index (χ0v) is 16.9. The van der Waals surface area contributed by atoms with Crippen molar-refractivity contribution < 1.29 is 23.9 Å². The van der Waals surface area contributed by atoms with Gasteiger partial charge in [0.15, 0.2) is 6.10 Å². The maximum Gasteiger partial charge on any atom is 0.308 e. The minimum absolute atomic E-state index is 0.0303. The minimum atomic E-state index is -0.998. The molecule has 0 aromatic heterocycles. The molecule has 0 unspecified atom stereocenters.